The van der Waals surface area contributed by atoms with Gasteiger partial charge in [-0.05, 0) is 59.8 Å². The first-order chi connectivity index (χ1) is 15.1. The summed E-state index contributed by atoms with van der Waals surface area (Å²) in [6, 6.07) is 5.05. The Morgan fingerprint density at radius 1 is 1.19 bits per heavy atom. The molecule has 32 heavy (non-hydrogen) atoms. The second kappa shape index (κ2) is 9.22. The summed E-state index contributed by atoms with van der Waals surface area (Å²) >= 11 is 0. The zero-order chi connectivity index (χ0) is 23.5. The lowest BCUT2D eigenvalue weighted by Crippen LogP contribution is -2.48. The number of methoxy groups -OCH3 is 1. The lowest BCUT2D eigenvalue weighted by atomic mass is 9.69. The van der Waals surface area contributed by atoms with Gasteiger partial charge < -0.3 is 25.3 Å². The number of hydrogen-bond acceptors (Lipinski definition) is 6. The summed E-state index contributed by atoms with van der Waals surface area (Å²) in [6.45, 7) is 6.24. The topological polar surface area (TPSA) is 117 Å². The van der Waals surface area contributed by atoms with Crippen molar-refractivity contribution in [3.8, 4) is 11.5 Å². The Kier molecular flexibility index (Phi) is 6.81. The normalized spacial score (nSPS) is 25.5. The summed E-state index contributed by atoms with van der Waals surface area (Å²) in [5.74, 6) is -0.121. The van der Waals surface area contributed by atoms with Crippen molar-refractivity contribution in [3.63, 3.8) is 0 Å². The molecule has 0 spiro atoms. The Labute approximate surface area is 188 Å². The molecular weight excluding hydrogens is 412 g/mol. The van der Waals surface area contributed by atoms with Crippen molar-refractivity contribution >= 4 is 23.9 Å². The zero-order valence-corrected chi connectivity index (χ0v) is 19.1. The van der Waals surface area contributed by atoms with E-state index in [4.69, 9.17) is 19.9 Å². The first-order valence-electron chi connectivity index (χ1n) is 10.8. The molecule has 0 aliphatic heterocycles. The number of rotatable bonds is 9. The van der Waals surface area contributed by atoms with E-state index in [2.05, 4.69) is 26.1 Å². The highest BCUT2D eigenvalue weighted by Crippen LogP contribution is 2.65. The summed E-state index contributed by atoms with van der Waals surface area (Å²) < 4.78 is 15.6. The fraction of sp³-hybridized carbons (Fsp3) is 0.542. The Hall–Kier alpha value is -3.03. The number of primary amides is 1. The van der Waals surface area contributed by atoms with Gasteiger partial charge in [-0.2, -0.15) is 0 Å². The third-order valence-electron chi connectivity index (χ3n) is 7.44. The molecule has 0 saturated heterocycles. The minimum atomic E-state index is -0.618. The van der Waals surface area contributed by atoms with E-state index in [0.717, 1.165) is 12.8 Å². The molecule has 2 unspecified atom stereocenters. The maximum atomic E-state index is 12.4. The molecule has 174 valence electrons. The summed E-state index contributed by atoms with van der Waals surface area (Å²) in [5.41, 5.74) is 6.01. The number of fused-ring (bicyclic) bond motifs is 2. The quantitative estimate of drug-likeness (QED) is 0.446. The molecule has 8 heteroatoms. The monoisotopic (exact) mass is 444 g/mol. The number of hydrogen-bond donors (Lipinski definition) is 2. The van der Waals surface area contributed by atoms with Gasteiger partial charge in [0.15, 0.2) is 24.7 Å². The van der Waals surface area contributed by atoms with E-state index >= 15 is 0 Å². The Morgan fingerprint density at radius 2 is 1.94 bits per heavy atom. The highest BCUT2D eigenvalue weighted by molar-refractivity contribution is 5.89. The predicted octanol–water partition coefficient (Wildman–Crippen LogP) is 2.45. The van der Waals surface area contributed by atoms with Crippen LogP contribution in [-0.2, 0) is 19.1 Å². The highest BCUT2D eigenvalue weighted by atomic mass is 16.5. The van der Waals surface area contributed by atoms with E-state index in [0.29, 0.717) is 23.0 Å². The fourth-order valence-electron chi connectivity index (χ4n) is 5.06. The summed E-state index contributed by atoms with van der Waals surface area (Å²) in [4.78, 5) is 35.3. The summed E-state index contributed by atoms with van der Waals surface area (Å²) in [6.07, 6.45) is 6.07. The van der Waals surface area contributed by atoms with Crippen LogP contribution in [0.25, 0.3) is 6.08 Å². The lowest BCUT2D eigenvalue weighted by molar-refractivity contribution is -0.144. The molecule has 2 fully saturated rings. The molecule has 1 aromatic rings. The Bertz CT molecular complexity index is 925. The van der Waals surface area contributed by atoms with Crippen LogP contribution in [0.15, 0.2) is 24.3 Å². The maximum absolute atomic E-state index is 12.4. The minimum absolute atomic E-state index is 0.0730. The first-order valence-corrected chi connectivity index (χ1v) is 10.8. The van der Waals surface area contributed by atoms with Crippen LogP contribution in [0, 0.1) is 16.7 Å². The zero-order valence-electron chi connectivity index (χ0n) is 19.1. The second-order valence-corrected chi connectivity index (χ2v) is 9.34. The van der Waals surface area contributed by atoms with E-state index in [1.165, 1.54) is 19.6 Å². The van der Waals surface area contributed by atoms with Crippen molar-refractivity contribution in [2.24, 2.45) is 22.5 Å². The predicted molar refractivity (Wildman–Crippen MR) is 119 cm³/mol. The van der Waals surface area contributed by atoms with Crippen LogP contribution in [0.3, 0.4) is 0 Å². The van der Waals surface area contributed by atoms with Crippen molar-refractivity contribution < 1.29 is 28.6 Å². The van der Waals surface area contributed by atoms with Crippen LogP contribution in [0.1, 0.15) is 45.6 Å². The van der Waals surface area contributed by atoms with Gasteiger partial charge in [0.05, 0.1) is 7.11 Å². The molecule has 2 saturated carbocycles. The molecule has 0 aromatic heterocycles. The Balaban J connectivity index is 1.49. The molecule has 2 aliphatic rings. The second-order valence-electron chi connectivity index (χ2n) is 9.34. The van der Waals surface area contributed by atoms with Crippen molar-refractivity contribution in [2.75, 3.05) is 20.3 Å². The number of benzene rings is 1. The average molecular weight is 445 g/mol. The number of nitrogens with one attached hydrogen (secondary N) is 1. The standard InChI is InChI=1S/C24H32N2O6/c1-23(2)16-9-10-24(23,3)19(12-16)26-21(28)14-32-22(29)8-6-15-5-7-17(18(11-15)30-4)31-13-20(25)27/h5-8,11,16,19H,9-10,12-14H2,1-4H3,(H2,25,27)(H,26,28)/t16?,19?,24-/m1/s1. The van der Waals surface area contributed by atoms with Crippen LogP contribution in [0.4, 0.5) is 0 Å². The molecule has 3 N–H and O–H groups in total. The van der Waals surface area contributed by atoms with Crippen LogP contribution < -0.4 is 20.5 Å². The number of carbonyl (C=O) groups is 3. The van der Waals surface area contributed by atoms with Gasteiger partial charge in [-0.1, -0.05) is 26.8 Å². The van der Waals surface area contributed by atoms with Crippen LogP contribution in [0.2, 0.25) is 0 Å². The number of amides is 2. The minimum Gasteiger partial charge on any atom is -0.493 e. The lowest BCUT2D eigenvalue weighted by Gasteiger charge is -2.39. The summed E-state index contributed by atoms with van der Waals surface area (Å²) in [7, 11) is 1.46. The van der Waals surface area contributed by atoms with Crippen LogP contribution in [0.5, 0.6) is 11.5 Å². The van der Waals surface area contributed by atoms with E-state index < -0.39 is 11.9 Å². The summed E-state index contributed by atoms with van der Waals surface area (Å²) in [5, 5.41) is 3.07. The van der Waals surface area contributed by atoms with E-state index in [1.807, 2.05) is 0 Å². The van der Waals surface area contributed by atoms with Crippen molar-refractivity contribution in [3.05, 3.63) is 29.8 Å². The highest BCUT2D eigenvalue weighted by Gasteiger charge is 2.61. The smallest absolute Gasteiger partial charge is 0.331 e. The number of ether oxygens (including phenoxy) is 3. The molecule has 1 aromatic carbocycles. The fourth-order valence-corrected chi connectivity index (χ4v) is 5.06. The van der Waals surface area contributed by atoms with Gasteiger partial charge in [0.25, 0.3) is 11.8 Å². The average Bonchev–Trinajstić information content (AvgIpc) is 3.08. The molecular formula is C24H32N2O6. The molecule has 0 heterocycles. The van der Waals surface area contributed by atoms with Gasteiger partial charge in [0, 0.05) is 12.1 Å². The molecule has 8 nitrogen and oxygen atoms in total. The maximum Gasteiger partial charge on any atom is 0.331 e. The van der Waals surface area contributed by atoms with Gasteiger partial charge in [0.2, 0.25) is 0 Å². The van der Waals surface area contributed by atoms with Crippen molar-refractivity contribution in [2.45, 2.75) is 46.1 Å². The van der Waals surface area contributed by atoms with Crippen LogP contribution in [-0.4, -0.2) is 44.1 Å². The van der Waals surface area contributed by atoms with E-state index in [9.17, 15) is 14.4 Å². The van der Waals surface area contributed by atoms with Gasteiger partial charge in [-0.3, -0.25) is 9.59 Å². The van der Waals surface area contributed by atoms with Gasteiger partial charge >= 0.3 is 5.97 Å². The third kappa shape index (κ3) is 4.74. The van der Waals surface area contributed by atoms with Gasteiger partial charge in [0.1, 0.15) is 0 Å². The molecule has 2 bridgehead atoms. The molecule has 0 radical (unpaired) electrons. The largest absolute Gasteiger partial charge is 0.493 e. The van der Waals surface area contributed by atoms with E-state index in [1.54, 1.807) is 24.3 Å². The first kappa shape index (κ1) is 23.6. The number of esters is 1. The van der Waals surface area contributed by atoms with Crippen molar-refractivity contribution in [1.82, 2.24) is 5.32 Å². The van der Waals surface area contributed by atoms with Gasteiger partial charge in [-0.15, -0.1) is 0 Å². The SMILES string of the molecule is COc1cc(C=CC(=O)OCC(=O)NC2CC3CC[C@@]2(C)C3(C)C)ccc1OCC(N)=O. The van der Waals surface area contributed by atoms with Gasteiger partial charge in [-0.25, -0.2) is 4.79 Å². The Morgan fingerprint density at radius 3 is 2.53 bits per heavy atom. The van der Waals surface area contributed by atoms with Crippen LogP contribution >= 0.6 is 0 Å². The third-order valence-corrected chi connectivity index (χ3v) is 7.44. The molecule has 3 atom stereocenters. The number of nitrogens with two attached hydrogens (primary N) is 1. The molecule has 2 aliphatic carbocycles. The molecule has 3 rings (SSSR count). The van der Waals surface area contributed by atoms with E-state index in [-0.39, 0.29) is 36.0 Å². The molecule has 2 amide bonds. The van der Waals surface area contributed by atoms with Crippen molar-refractivity contribution in [1.29, 1.82) is 0 Å². The number of carbonyl (C=O) groups excluding carboxylic acids is 3.